The zero-order valence-corrected chi connectivity index (χ0v) is 23.3. The minimum absolute atomic E-state index is 0.257. The van der Waals surface area contributed by atoms with Crippen LogP contribution < -0.4 is 4.90 Å². The average molecular weight is 502 g/mol. The molecule has 0 aliphatic carbocycles. The summed E-state index contributed by atoms with van der Waals surface area (Å²) in [5.41, 5.74) is 14.3. The molecule has 0 atom stereocenters. The van der Waals surface area contributed by atoms with E-state index in [1.54, 1.807) is 0 Å². The summed E-state index contributed by atoms with van der Waals surface area (Å²) in [5.74, 6) is 0.257. The number of aliphatic hydroxyl groups is 1. The number of rotatable bonds is 6. The molecule has 3 aromatic rings. The van der Waals surface area contributed by atoms with Gasteiger partial charge < -0.3 is 10.0 Å². The van der Waals surface area contributed by atoms with Crippen LogP contribution >= 0.6 is 0 Å². The van der Waals surface area contributed by atoms with Gasteiger partial charge in [-0.1, -0.05) is 49.1 Å². The van der Waals surface area contributed by atoms with Gasteiger partial charge in [-0.3, -0.25) is 0 Å². The molecule has 2 heterocycles. The number of hydrogen-bond acceptors (Lipinski definition) is 2. The van der Waals surface area contributed by atoms with E-state index in [9.17, 15) is 5.11 Å². The number of aryl methyl sites for hydroxylation is 6. The molecule has 0 amide bonds. The first-order valence-corrected chi connectivity index (χ1v) is 13.8. The fourth-order valence-corrected chi connectivity index (χ4v) is 5.64. The van der Waals surface area contributed by atoms with Gasteiger partial charge in [0.2, 0.25) is 0 Å². The van der Waals surface area contributed by atoms with Gasteiger partial charge >= 0.3 is 0 Å². The summed E-state index contributed by atoms with van der Waals surface area (Å²) in [5, 5.41) is 11.1. The summed E-state index contributed by atoms with van der Waals surface area (Å²) >= 11 is 0. The first kappa shape index (κ1) is 25.9. The Morgan fingerprint density at radius 2 is 1.34 bits per heavy atom. The third-order valence-corrected chi connectivity index (χ3v) is 8.12. The van der Waals surface area contributed by atoms with Gasteiger partial charge in [0.05, 0.1) is 0 Å². The van der Waals surface area contributed by atoms with Gasteiger partial charge in [-0.25, -0.2) is 0 Å². The molecule has 2 aliphatic heterocycles. The minimum atomic E-state index is 0.257. The monoisotopic (exact) mass is 501 g/mol. The van der Waals surface area contributed by atoms with Crippen LogP contribution in [0.4, 0.5) is 5.69 Å². The highest BCUT2D eigenvalue weighted by molar-refractivity contribution is 5.84. The molecule has 0 saturated heterocycles. The molecule has 3 aromatic carbocycles. The van der Waals surface area contributed by atoms with Crippen LogP contribution in [-0.2, 0) is 12.8 Å². The summed E-state index contributed by atoms with van der Waals surface area (Å²) < 4.78 is 0. The summed E-state index contributed by atoms with van der Waals surface area (Å²) in [7, 11) is 0. The van der Waals surface area contributed by atoms with Crippen LogP contribution in [0.25, 0.3) is 17.4 Å². The Balaban J connectivity index is 1.47. The maximum absolute atomic E-state index is 11.1. The minimum Gasteiger partial charge on any atom is -0.507 e. The van der Waals surface area contributed by atoms with Crippen LogP contribution in [0, 0.1) is 27.7 Å². The number of anilines is 1. The van der Waals surface area contributed by atoms with Crippen molar-refractivity contribution < 1.29 is 5.11 Å². The van der Waals surface area contributed by atoms with Gasteiger partial charge in [-0.05, 0) is 139 Å². The topological polar surface area (TPSA) is 23.5 Å². The quantitative estimate of drug-likeness (QED) is 0.269. The van der Waals surface area contributed by atoms with E-state index in [0.717, 1.165) is 22.3 Å². The van der Waals surface area contributed by atoms with Crippen LogP contribution in [0.5, 0.6) is 0 Å². The van der Waals surface area contributed by atoms with Gasteiger partial charge in [0.15, 0.2) is 0 Å². The molecule has 0 saturated carbocycles. The lowest BCUT2D eigenvalue weighted by Gasteiger charge is -2.37. The second-order valence-electron chi connectivity index (χ2n) is 11.0. The molecule has 0 unspecified atom stereocenters. The molecule has 0 aromatic heterocycles. The highest BCUT2D eigenvalue weighted by Crippen LogP contribution is 2.36. The van der Waals surface area contributed by atoms with Crippen LogP contribution in [0.2, 0.25) is 0 Å². The van der Waals surface area contributed by atoms with Crippen molar-refractivity contribution in [3.8, 4) is 0 Å². The fraction of sp³-hybridized carbons (Fsp3) is 0.278. The van der Waals surface area contributed by atoms with Crippen molar-refractivity contribution in [3.05, 3.63) is 129 Å². The van der Waals surface area contributed by atoms with Crippen molar-refractivity contribution in [2.24, 2.45) is 0 Å². The van der Waals surface area contributed by atoms with E-state index in [-0.39, 0.29) is 5.76 Å². The van der Waals surface area contributed by atoms with E-state index in [1.165, 1.54) is 83.4 Å². The van der Waals surface area contributed by atoms with Crippen molar-refractivity contribution in [2.45, 2.75) is 53.4 Å². The Kier molecular flexibility index (Phi) is 7.42. The van der Waals surface area contributed by atoms with Crippen molar-refractivity contribution in [1.82, 2.24) is 0 Å². The largest absolute Gasteiger partial charge is 0.507 e. The van der Waals surface area contributed by atoms with E-state index in [1.807, 2.05) is 18.2 Å². The maximum Gasteiger partial charge on any atom is 0.123 e. The molecular formula is C36H39NO. The van der Waals surface area contributed by atoms with E-state index < -0.39 is 0 Å². The zero-order chi connectivity index (χ0) is 26.8. The van der Waals surface area contributed by atoms with Gasteiger partial charge in [-0.2, -0.15) is 0 Å². The second kappa shape index (κ2) is 10.9. The molecule has 0 bridgehead atoms. The predicted octanol–water partition coefficient (Wildman–Crippen LogP) is 8.87. The lowest BCUT2D eigenvalue weighted by atomic mass is 9.90. The van der Waals surface area contributed by atoms with Crippen molar-refractivity contribution in [3.63, 3.8) is 0 Å². The first-order chi connectivity index (χ1) is 18.3. The highest BCUT2D eigenvalue weighted by atomic mass is 16.3. The summed E-state index contributed by atoms with van der Waals surface area (Å²) in [6.07, 6.45) is 13.0. The van der Waals surface area contributed by atoms with E-state index in [4.69, 9.17) is 0 Å². The normalized spacial score (nSPS) is 15.6. The summed E-state index contributed by atoms with van der Waals surface area (Å²) in [4.78, 5) is 2.58. The smallest absolute Gasteiger partial charge is 0.123 e. The van der Waals surface area contributed by atoms with E-state index in [2.05, 4.69) is 93.8 Å². The van der Waals surface area contributed by atoms with E-state index in [0.29, 0.717) is 0 Å². The molecule has 5 rings (SSSR count). The number of allylic oxidation sites excluding steroid dienone is 5. The number of nitrogens with zero attached hydrogens (tertiary/aromatic N) is 1. The molecule has 2 heteroatoms. The third-order valence-electron chi connectivity index (χ3n) is 8.12. The molecule has 194 valence electrons. The molecular weight excluding hydrogens is 462 g/mol. The molecule has 2 aliphatic rings. The zero-order valence-electron chi connectivity index (χ0n) is 23.3. The average Bonchev–Trinajstić information content (AvgIpc) is 2.90. The Morgan fingerprint density at radius 1 is 0.763 bits per heavy atom. The van der Waals surface area contributed by atoms with Gasteiger partial charge in [0.1, 0.15) is 5.76 Å². The highest BCUT2D eigenvalue weighted by Gasteiger charge is 2.23. The van der Waals surface area contributed by atoms with E-state index >= 15 is 0 Å². The Bertz CT molecular complexity index is 1450. The van der Waals surface area contributed by atoms with Gasteiger partial charge in [0.25, 0.3) is 0 Å². The molecule has 38 heavy (non-hydrogen) atoms. The fourth-order valence-electron chi connectivity index (χ4n) is 5.64. The van der Waals surface area contributed by atoms with Crippen LogP contribution in [0.1, 0.15) is 62.9 Å². The van der Waals surface area contributed by atoms with Gasteiger partial charge in [0, 0.05) is 24.3 Å². The first-order valence-electron chi connectivity index (χ1n) is 13.8. The SMILES string of the molecule is C=C(/C=C/c1cc2c3c(c1)CCCN3CCC2)/C=C(\C=C(/O)c1ccc(C)c(C)c1)c1ccc(C)c(C)c1. The standard InChI is InChI=1S/C36H39NO/c1-24(10-13-29-21-32-8-6-16-37-17-7-9-33(22-29)36(32)37)18-34(30-14-11-25(2)27(4)19-30)23-35(38)31-15-12-26(3)28(5)20-31/h10-15,18-23,38H,1,6-9,16-17H2,2-5H3/b13-10+,34-18+,35-23-. The lowest BCUT2D eigenvalue weighted by Crippen LogP contribution is -2.34. The van der Waals surface area contributed by atoms with Crippen LogP contribution in [0.3, 0.4) is 0 Å². The molecule has 0 radical (unpaired) electrons. The third kappa shape index (κ3) is 5.55. The van der Waals surface area contributed by atoms with Crippen LogP contribution in [0.15, 0.2) is 78.9 Å². The summed E-state index contributed by atoms with van der Waals surface area (Å²) in [6, 6.07) is 17.2. The Morgan fingerprint density at radius 3 is 1.95 bits per heavy atom. The molecule has 0 spiro atoms. The second-order valence-corrected chi connectivity index (χ2v) is 11.0. The Labute approximate surface area is 228 Å². The van der Waals surface area contributed by atoms with Gasteiger partial charge in [-0.15, -0.1) is 0 Å². The molecule has 0 fully saturated rings. The maximum atomic E-state index is 11.1. The Hall–Kier alpha value is -3.78. The van der Waals surface area contributed by atoms with Crippen molar-refractivity contribution >= 4 is 23.1 Å². The number of benzene rings is 3. The summed E-state index contributed by atoms with van der Waals surface area (Å²) in [6.45, 7) is 15.2. The van der Waals surface area contributed by atoms with Crippen molar-refractivity contribution in [1.29, 1.82) is 0 Å². The lowest BCUT2D eigenvalue weighted by molar-refractivity contribution is 0.512. The number of hydrogen-bond donors (Lipinski definition) is 1. The molecule has 1 N–H and O–H groups in total. The molecule has 2 nitrogen and oxygen atoms in total. The van der Waals surface area contributed by atoms with Crippen molar-refractivity contribution in [2.75, 3.05) is 18.0 Å². The predicted molar refractivity (Wildman–Crippen MR) is 164 cm³/mol. The number of aliphatic hydroxyl groups excluding tert-OH is 1. The van der Waals surface area contributed by atoms with Crippen LogP contribution in [-0.4, -0.2) is 18.2 Å².